The zero-order valence-corrected chi connectivity index (χ0v) is 19.5. The first-order valence-electron chi connectivity index (χ1n) is 11.6. The van der Waals surface area contributed by atoms with E-state index in [-0.39, 0.29) is 0 Å². The van der Waals surface area contributed by atoms with E-state index in [1.165, 1.54) is 22.4 Å². The van der Waals surface area contributed by atoms with Gasteiger partial charge in [0.25, 0.3) is 0 Å². The molecule has 0 bridgehead atoms. The number of furan rings is 1. The highest BCUT2D eigenvalue weighted by Gasteiger charge is 2.23. The fourth-order valence-electron chi connectivity index (χ4n) is 4.67. The molecule has 0 spiro atoms. The first kappa shape index (κ1) is 20.6. The molecule has 0 saturated carbocycles. The van der Waals surface area contributed by atoms with Crippen molar-refractivity contribution in [2.45, 2.75) is 52.9 Å². The molecule has 3 nitrogen and oxygen atoms in total. The molecule has 0 aliphatic heterocycles. The third kappa shape index (κ3) is 3.24. The van der Waals surface area contributed by atoms with Crippen molar-refractivity contribution in [3.05, 3.63) is 83.6 Å². The average molecular weight is 423 g/mol. The average Bonchev–Trinajstić information content (AvgIpc) is 3.38. The first-order chi connectivity index (χ1) is 15.5. The number of fused-ring (bicyclic) bond motifs is 2. The molecule has 162 valence electrons. The molecule has 0 N–H and O–H groups in total. The molecule has 0 unspecified atom stereocenters. The Hall–Kier alpha value is -3.33. The van der Waals surface area contributed by atoms with Crippen LogP contribution >= 0.6 is 0 Å². The maximum atomic E-state index is 6.03. The van der Waals surface area contributed by atoms with Gasteiger partial charge in [0, 0.05) is 5.39 Å². The molecule has 0 saturated heterocycles. The van der Waals surface area contributed by atoms with Gasteiger partial charge in [-0.1, -0.05) is 77.1 Å². The Morgan fingerprint density at radius 2 is 1.59 bits per heavy atom. The normalized spacial score (nSPS) is 12.0. The Bertz CT molecular complexity index is 1390. The van der Waals surface area contributed by atoms with E-state index >= 15 is 0 Å². The molecule has 0 atom stereocenters. The summed E-state index contributed by atoms with van der Waals surface area (Å²) in [4.78, 5) is 5.13. The summed E-state index contributed by atoms with van der Waals surface area (Å²) in [6, 6.07) is 21.6. The van der Waals surface area contributed by atoms with Crippen LogP contribution in [0.4, 0.5) is 0 Å². The Morgan fingerprint density at radius 1 is 0.875 bits per heavy atom. The quantitative estimate of drug-likeness (QED) is 0.285. The van der Waals surface area contributed by atoms with Crippen molar-refractivity contribution in [1.29, 1.82) is 0 Å². The van der Waals surface area contributed by atoms with Crippen LogP contribution in [0, 0.1) is 0 Å². The minimum absolute atomic E-state index is 0.394. The molecular formula is C29H30N2O. The largest absolute Gasteiger partial charge is 0.464 e. The highest BCUT2D eigenvalue weighted by Crippen LogP contribution is 2.39. The predicted molar refractivity (Wildman–Crippen MR) is 134 cm³/mol. The molecule has 3 heteroatoms. The summed E-state index contributed by atoms with van der Waals surface area (Å²) in [6.07, 6.45) is 2.86. The lowest BCUT2D eigenvalue weighted by Gasteiger charge is -2.22. The van der Waals surface area contributed by atoms with E-state index in [2.05, 4.69) is 99.8 Å². The summed E-state index contributed by atoms with van der Waals surface area (Å²) in [5.41, 5.74) is 9.27. The highest BCUT2D eigenvalue weighted by atomic mass is 16.3. The summed E-state index contributed by atoms with van der Waals surface area (Å²) >= 11 is 0. The zero-order valence-electron chi connectivity index (χ0n) is 19.5. The Kier molecular flexibility index (Phi) is 5.13. The van der Waals surface area contributed by atoms with E-state index < -0.39 is 0 Å². The summed E-state index contributed by atoms with van der Waals surface area (Å²) < 4.78 is 8.39. The van der Waals surface area contributed by atoms with E-state index in [1.807, 2.05) is 6.26 Å². The SMILES string of the molecule is CCc1ccc2c(-c3nc4ccccc4n3-c3c(C(C)C)cccc3C(C)C)coc2c1. The van der Waals surface area contributed by atoms with Crippen molar-refractivity contribution < 1.29 is 4.42 Å². The van der Waals surface area contributed by atoms with Crippen molar-refractivity contribution in [3.8, 4) is 17.1 Å². The lowest BCUT2D eigenvalue weighted by atomic mass is 9.92. The molecule has 2 heterocycles. The number of nitrogens with zero attached hydrogens (tertiary/aromatic N) is 2. The van der Waals surface area contributed by atoms with Crippen LogP contribution in [-0.4, -0.2) is 9.55 Å². The number of rotatable bonds is 5. The number of imidazole rings is 1. The van der Waals surface area contributed by atoms with Crippen LogP contribution in [0.3, 0.4) is 0 Å². The third-order valence-electron chi connectivity index (χ3n) is 6.42. The Balaban J connectivity index is 1.89. The fourth-order valence-corrected chi connectivity index (χ4v) is 4.67. The number of para-hydroxylation sites is 3. The van der Waals surface area contributed by atoms with Crippen molar-refractivity contribution in [3.63, 3.8) is 0 Å². The van der Waals surface area contributed by atoms with Crippen LogP contribution in [0.25, 0.3) is 39.1 Å². The minimum atomic E-state index is 0.394. The van der Waals surface area contributed by atoms with Crippen LogP contribution in [-0.2, 0) is 6.42 Å². The second-order valence-corrected chi connectivity index (χ2v) is 9.19. The van der Waals surface area contributed by atoms with Crippen LogP contribution in [0.1, 0.15) is 63.1 Å². The minimum Gasteiger partial charge on any atom is -0.464 e. The van der Waals surface area contributed by atoms with Crippen LogP contribution in [0.15, 0.2) is 71.3 Å². The molecule has 0 aliphatic rings. The number of aryl methyl sites for hydroxylation is 1. The molecule has 3 aromatic carbocycles. The van der Waals surface area contributed by atoms with Gasteiger partial charge >= 0.3 is 0 Å². The second kappa shape index (κ2) is 7.98. The molecule has 2 aromatic heterocycles. The smallest absolute Gasteiger partial charge is 0.149 e. The van der Waals surface area contributed by atoms with E-state index in [4.69, 9.17) is 9.40 Å². The van der Waals surface area contributed by atoms with Crippen molar-refractivity contribution in [2.75, 3.05) is 0 Å². The lowest BCUT2D eigenvalue weighted by molar-refractivity contribution is 0.616. The highest BCUT2D eigenvalue weighted by molar-refractivity contribution is 5.95. The zero-order chi connectivity index (χ0) is 22.4. The van der Waals surface area contributed by atoms with Gasteiger partial charge < -0.3 is 4.42 Å². The maximum Gasteiger partial charge on any atom is 0.149 e. The Labute approximate surface area is 189 Å². The number of aromatic nitrogens is 2. The summed E-state index contributed by atoms with van der Waals surface area (Å²) in [5.74, 6) is 1.72. The van der Waals surface area contributed by atoms with Crippen molar-refractivity contribution in [1.82, 2.24) is 9.55 Å². The molecule has 5 aromatic rings. The summed E-state index contributed by atoms with van der Waals surface area (Å²) in [5, 5.41) is 1.10. The van der Waals surface area contributed by atoms with Crippen LogP contribution < -0.4 is 0 Å². The van der Waals surface area contributed by atoms with Gasteiger partial charge in [0.15, 0.2) is 0 Å². The summed E-state index contributed by atoms with van der Waals surface area (Å²) in [7, 11) is 0. The van der Waals surface area contributed by atoms with Crippen LogP contribution in [0.2, 0.25) is 0 Å². The molecule has 5 rings (SSSR count). The molecule has 0 aliphatic carbocycles. The lowest BCUT2D eigenvalue weighted by Crippen LogP contribution is -2.08. The monoisotopic (exact) mass is 422 g/mol. The predicted octanol–water partition coefficient (Wildman–Crippen LogP) is 8.25. The number of hydrogen-bond donors (Lipinski definition) is 0. The van der Waals surface area contributed by atoms with Gasteiger partial charge in [-0.25, -0.2) is 4.98 Å². The van der Waals surface area contributed by atoms with E-state index in [9.17, 15) is 0 Å². The van der Waals surface area contributed by atoms with Gasteiger partial charge in [-0.05, 0) is 53.1 Å². The summed E-state index contributed by atoms with van der Waals surface area (Å²) in [6.45, 7) is 11.2. The van der Waals surface area contributed by atoms with Crippen molar-refractivity contribution in [2.24, 2.45) is 0 Å². The van der Waals surface area contributed by atoms with Gasteiger partial charge in [-0.2, -0.15) is 0 Å². The molecular weight excluding hydrogens is 392 g/mol. The maximum absolute atomic E-state index is 6.03. The van der Waals surface area contributed by atoms with Crippen molar-refractivity contribution >= 4 is 22.0 Å². The molecule has 32 heavy (non-hydrogen) atoms. The first-order valence-corrected chi connectivity index (χ1v) is 11.6. The number of benzene rings is 3. The van der Waals surface area contributed by atoms with E-state index in [0.717, 1.165) is 39.8 Å². The van der Waals surface area contributed by atoms with E-state index in [0.29, 0.717) is 11.8 Å². The van der Waals surface area contributed by atoms with Crippen LogP contribution in [0.5, 0.6) is 0 Å². The Morgan fingerprint density at radius 3 is 2.28 bits per heavy atom. The third-order valence-corrected chi connectivity index (χ3v) is 6.42. The standard InChI is InChI=1S/C29H30N2O/c1-6-20-14-15-23-24(17-32-27(23)16-20)29-30-25-12-7-8-13-26(25)31(29)28-21(18(2)3)10-9-11-22(28)19(4)5/h7-19H,6H2,1-5H3. The van der Waals surface area contributed by atoms with Gasteiger partial charge in [0.1, 0.15) is 17.7 Å². The number of hydrogen-bond acceptors (Lipinski definition) is 2. The van der Waals surface area contributed by atoms with Gasteiger partial charge in [0.2, 0.25) is 0 Å². The molecule has 0 radical (unpaired) electrons. The van der Waals surface area contributed by atoms with Gasteiger partial charge in [0.05, 0.1) is 22.3 Å². The van der Waals surface area contributed by atoms with E-state index in [1.54, 1.807) is 0 Å². The van der Waals surface area contributed by atoms with Gasteiger partial charge in [-0.3, -0.25) is 4.57 Å². The second-order valence-electron chi connectivity index (χ2n) is 9.19. The van der Waals surface area contributed by atoms with Gasteiger partial charge in [-0.15, -0.1) is 0 Å². The molecule has 0 amide bonds. The molecule has 0 fully saturated rings. The fraction of sp³-hybridized carbons (Fsp3) is 0.276. The topological polar surface area (TPSA) is 31.0 Å².